The number of nitrogens with zero attached hydrogens (tertiary/aromatic N) is 4. The van der Waals surface area contributed by atoms with E-state index in [0.717, 1.165) is 44.8 Å². The molecule has 0 unspecified atom stereocenters. The zero-order chi connectivity index (χ0) is 17.9. The fourth-order valence-electron chi connectivity index (χ4n) is 3.51. The maximum atomic E-state index is 10.5. The molecule has 7 heteroatoms. The molecule has 1 saturated heterocycles. The van der Waals surface area contributed by atoms with Gasteiger partial charge in [-0.3, -0.25) is 9.47 Å². The molecule has 0 spiro atoms. The number of halogens is 1. The average molecular weight is 373 g/mol. The molecule has 6 nitrogen and oxygen atoms in total. The van der Waals surface area contributed by atoms with Crippen molar-refractivity contribution in [2.24, 2.45) is 0 Å². The number of hydrogen-bond donors (Lipinski definition) is 1. The average Bonchev–Trinajstić information content (AvgIpc) is 2.98. The molecule has 4 rings (SSSR count). The standard InChI is InChI=1S/C19H21ClN4O2/c20-15-11-17-18(21-12-15)22-19(25)24(17)16(10-14-4-2-1-3-5-14)13-23-6-8-26-9-7-23/h1-5,11-12,16H,6-10,13H2,(H,21,22,25)/t16-/m0/s1. The molecule has 26 heavy (non-hydrogen) atoms. The van der Waals surface area contributed by atoms with Crippen LogP contribution in [-0.2, 0) is 11.2 Å². The molecule has 0 aliphatic carbocycles. The summed E-state index contributed by atoms with van der Waals surface area (Å²) >= 11 is 6.14. The molecule has 2 aromatic heterocycles. The summed E-state index contributed by atoms with van der Waals surface area (Å²) in [6, 6.07) is 12.1. The molecule has 1 N–H and O–H groups in total. The Labute approximate surface area is 157 Å². The number of pyridine rings is 1. The second kappa shape index (κ2) is 7.61. The van der Waals surface area contributed by atoms with Crippen molar-refractivity contribution in [1.29, 1.82) is 0 Å². The minimum absolute atomic E-state index is 0.0146. The molecule has 1 aliphatic rings. The summed E-state index contributed by atoms with van der Waals surface area (Å²) in [4.78, 5) is 10.8. The van der Waals surface area contributed by atoms with Crippen molar-refractivity contribution < 1.29 is 9.84 Å². The summed E-state index contributed by atoms with van der Waals surface area (Å²) in [7, 11) is 0. The largest absolute Gasteiger partial charge is 0.480 e. The number of benzene rings is 1. The maximum Gasteiger partial charge on any atom is 0.296 e. The number of aromatic nitrogens is 3. The van der Waals surface area contributed by atoms with E-state index in [4.69, 9.17) is 16.3 Å². The van der Waals surface area contributed by atoms with Crippen molar-refractivity contribution in [1.82, 2.24) is 19.4 Å². The number of imidazole rings is 1. The van der Waals surface area contributed by atoms with Gasteiger partial charge < -0.3 is 9.84 Å². The number of hydrogen-bond acceptors (Lipinski definition) is 5. The Kier molecular flexibility index (Phi) is 5.06. The van der Waals surface area contributed by atoms with Gasteiger partial charge in [0.05, 0.1) is 29.8 Å². The molecule has 136 valence electrons. The number of fused-ring (bicyclic) bond motifs is 1. The van der Waals surface area contributed by atoms with E-state index in [1.807, 2.05) is 28.8 Å². The predicted molar refractivity (Wildman–Crippen MR) is 101 cm³/mol. The zero-order valence-electron chi connectivity index (χ0n) is 14.4. The SMILES string of the molecule is Oc1nc2ncc(Cl)cc2n1[C@@H](Cc1ccccc1)CN1CCOCC1. The second-order valence-corrected chi connectivity index (χ2v) is 6.97. The predicted octanol–water partition coefficient (Wildman–Crippen LogP) is 2.91. The van der Waals surface area contributed by atoms with Gasteiger partial charge in [0, 0.05) is 25.8 Å². The topological polar surface area (TPSA) is 63.4 Å². The first kappa shape index (κ1) is 17.3. The van der Waals surface area contributed by atoms with Crippen LogP contribution in [0.15, 0.2) is 42.6 Å². The third kappa shape index (κ3) is 3.67. The van der Waals surface area contributed by atoms with Crippen LogP contribution in [0.25, 0.3) is 11.2 Å². The Morgan fingerprint density at radius 1 is 1.19 bits per heavy atom. The fraction of sp³-hybridized carbons (Fsp3) is 0.368. The lowest BCUT2D eigenvalue weighted by atomic mass is 10.0. The lowest BCUT2D eigenvalue weighted by Crippen LogP contribution is -2.40. The highest BCUT2D eigenvalue weighted by Gasteiger charge is 2.24. The Bertz CT molecular complexity index is 878. The number of aromatic hydroxyl groups is 1. The summed E-state index contributed by atoms with van der Waals surface area (Å²) in [5, 5.41) is 11.1. The molecule has 0 radical (unpaired) electrons. The Morgan fingerprint density at radius 2 is 1.96 bits per heavy atom. The van der Waals surface area contributed by atoms with Crippen molar-refractivity contribution in [3.05, 3.63) is 53.2 Å². The molecular weight excluding hydrogens is 352 g/mol. The van der Waals surface area contributed by atoms with Gasteiger partial charge in [-0.05, 0) is 18.1 Å². The molecule has 3 heterocycles. The molecule has 1 aromatic carbocycles. The summed E-state index contributed by atoms with van der Waals surface area (Å²) in [5.74, 6) is 0. The van der Waals surface area contributed by atoms with E-state index in [-0.39, 0.29) is 12.1 Å². The highest BCUT2D eigenvalue weighted by atomic mass is 35.5. The number of ether oxygens (including phenoxy) is 1. The minimum atomic E-state index is -0.0241. The molecule has 0 bridgehead atoms. The highest BCUT2D eigenvalue weighted by molar-refractivity contribution is 6.31. The monoisotopic (exact) mass is 372 g/mol. The molecule has 3 aromatic rings. The van der Waals surface area contributed by atoms with E-state index < -0.39 is 0 Å². The van der Waals surface area contributed by atoms with Gasteiger partial charge in [0.2, 0.25) is 0 Å². The van der Waals surface area contributed by atoms with Gasteiger partial charge >= 0.3 is 0 Å². The smallest absolute Gasteiger partial charge is 0.296 e. The number of morpholine rings is 1. The van der Waals surface area contributed by atoms with Crippen molar-refractivity contribution in [3.8, 4) is 6.01 Å². The third-order valence-electron chi connectivity index (χ3n) is 4.75. The third-order valence-corrected chi connectivity index (χ3v) is 4.95. The summed E-state index contributed by atoms with van der Waals surface area (Å²) in [6.45, 7) is 4.05. The first-order valence-electron chi connectivity index (χ1n) is 8.77. The van der Waals surface area contributed by atoms with Crippen molar-refractivity contribution in [3.63, 3.8) is 0 Å². The van der Waals surface area contributed by atoms with Gasteiger partial charge in [0.15, 0.2) is 5.65 Å². The lowest BCUT2D eigenvalue weighted by Gasteiger charge is -2.31. The summed E-state index contributed by atoms with van der Waals surface area (Å²) in [5.41, 5.74) is 2.47. The van der Waals surface area contributed by atoms with Crippen LogP contribution in [0.3, 0.4) is 0 Å². The van der Waals surface area contributed by atoms with E-state index in [1.54, 1.807) is 6.20 Å². The molecule has 0 amide bonds. The maximum absolute atomic E-state index is 10.5. The van der Waals surface area contributed by atoms with E-state index in [1.165, 1.54) is 5.56 Å². The van der Waals surface area contributed by atoms with E-state index >= 15 is 0 Å². The first-order chi connectivity index (χ1) is 12.7. The lowest BCUT2D eigenvalue weighted by molar-refractivity contribution is 0.0313. The molecule has 0 saturated carbocycles. The Balaban J connectivity index is 1.71. The zero-order valence-corrected chi connectivity index (χ0v) is 15.1. The van der Waals surface area contributed by atoms with Gasteiger partial charge in [-0.2, -0.15) is 4.98 Å². The second-order valence-electron chi connectivity index (χ2n) is 6.53. The van der Waals surface area contributed by atoms with E-state index in [9.17, 15) is 5.11 Å². The first-order valence-corrected chi connectivity index (χ1v) is 9.15. The van der Waals surface area contributed by atoms with Gasteiger partial charge in [0.1, 0.15) is 0 Å². The molecule has 1 atom stereocenters. The van der Waals surface area contributed by atoms with Crippen molar-refractivity contribution in [2.75, 3.05) is 32.8 Å². The number of rotatable bonds is 5. The van der Waals surface area contributed by atoms with Crippen LogP contribution in [0.2, 0.25) is 5.02 Å². The van der Waals surface area contributed by atoms with Crippen LogP contribution < -0.4 is 0 Å². The van der Waals surface area contributed by atoms with Crippen LogP contribution >= 0.6 is 11.6 Å². The van der Waals surface area contributed by atoms with Gasteiger partial charge in [-0.15, -0.1) is 0 Å². The Hall–Kier alpha value is -2.15. The van der Waals surface area contributed by atoms with Gasteiger partial charge in [-0.1, -0.05) is 41.9 Å². The summed E-state index contributed by atoms with van der Waals surface area (Å²) < 4.78 is 7.32. The molecule has 1 aliphatic heterocycles. The fourth-order valence-corrected chi connectivity index (χ4v) is 3.66. The van der Waals surface area contributed by atoms with Crippen molar-refractivity contribution in [2.45, 2.75) is 12.5 Å². The van der Waals surface area contributed by atoms with Crippen LogP contribution in [-0.4, -0.2) is 57.4 Å². The van der Waals surface area contributed by atoms with E-state index in [2.05, 4.69) is 27.0 Å². The molecule has 1 fully saturated rings. The van der Waals surface area contributed by atoms with Crippen LogP contribution in [0.4, 0.5) is 0 Å². The highest BCUT2D eigenvalue weighted by Crippen LogP contribution is 2.29. The van der Waals surface area contributed by atoms with Crippen LogP contribution in [0, 0.1) is 0 Å². The van der Waals surface area contributed by atoms with Crippen LogP contribution in [0.1, 0.15) is 11.6 Å². The van der Waals surface area contributed by atoms with Crippen LogP contribution in [0.5, 0.6) is 6.01 Å². The van der Waals surface area contributed by atoms with E-state index in [0.29, 0.717) is 10.7 Å². The molecular formula is C19H21ClN4O2. The van der Waals surface area contributed by atoms with Gasteiger partial charge in [0.25, 0.3) is 6.01 Å². The quantitative estimate of drug-likeness (QED) is 0.746. The van der Waals surface area contributed by atoms with Crippen molar-refractivity contribution >= 4 is 22.8 Å². The normalized spacial score (nSPS) is 16.8. The Morgan fingerprint density at radius 3 is 2.73 bits per heavy atom. The summed E-state index contributed by atoms with van der Waals surface area (Å²) in [6.07, 6.45) is 2.33. The minimum Gasteiger partial charge on any atom is -0.480 e. The van der Waals surface area contributed by atoms with Gasteiger partial charge in [-0.25, -0.2) is 4.98 Å².